The van der Waals surface area contributed by atoms with E-state index < -0.39 is 0 Å². The first kappa shape index (κ1) is 11.2. The van der Waals surface area contributed by atoms with Gasteiger partial charge in [-0.3, -0.25) is 4.79 Å². The van der Waals surface area contributed by atoms with Gasteiger partial charge in [-0.15, -0.1) is 6.58 Å². The lowest BCUT2D eigenvalue weighted by atomic mass is 10.2. The van der Waals surface area contributed by atoms with Gasteiger partial charge in [0.25, 0.3) is 0 Å². The van der Waals surface area contributed by atoms with E-state index in [0.717, 1.165) is 6.42 Å². The Morgan fingerprint density at radius 3 is 2.58 bits per heavy atom. The molecule has 0 fully saturated rings. The van der Waals surface area contributed by atoms with Crippen LogP contribution >= 0.6 is 0 Å². The fourth-order valence-electron chi connectivity index (χ4n) is 1.04. The molecule has 70 valence electrons. The number of carbonyl (C=O) groups excluding carboxylic acids is 1. The van der Waals surface area contributed by atoms with Crippen LogP contribution in [0.3, 0.4) is 0 Å². The Morgan fingerprint density at radius 1 is 1.58 bits per heavy atom. The Hall–Kier alpha value is -0.830. The van der Waals surface area contributed by atoms with Crippen LogP contribution in [0, 0.1) is 0 Å². The zero-order valence-electron chi connectivity index (χ0n) is 8.05. The van der Waals surface area contributed by atoms with Crippen LogP contribution in [0.2, 0.25) is 0 Å². The molecule has 0 spiro atoms. The third-order valence-corrected chi connectivity index (χ3v) is 1.69. The molecule has 2 N–H and O–H groups in total. The molecule has 12 heavy (non-hydrogen) atoms. The summed E-state index contributed by atoms with van der Waals surface area (Å²) >= 11 is 0. The number of rotatable bonds is 5. The summed E-state index contributed by atoms with van der Waals surface area (Å²) in [7, 11) is 1.64. The Morgan fingerprint density at radius 2 is 2.17 bits per heavy atom. The van der Waals surface area contributed by atoms with Gasteiger partial charge in [-0.25, -0.2) is 0 Å². The lowest BCUT2D eigenvalue weighted by Crippen LogP contribution is -2.44. The SMILES string of the molecule is C=CCC(C)NC(C)C(=O)NC. The van der Waals surface area contributed by atoms with Gasteiger partial charge in [-0.1, -0.05) is 6.08 Å². The number of hydrogen-bond donors (Lipinski definition) is 2. The summed E-state index contributed by atoms with van der Waals surface area (Å²) in [5, 5.41) is 5.73. The van der Waals surface area contributed by atoms with Crippen molar-refractivity contribution in [2.75, 3.05) is 7.05 Å². The molecule has 1 amide bonds. The van der Waals surface area contributed by atoms with Crippen molar-refractivity contribution in [3.63, 3.8) is 0 Å². The van der Waals surface area contributed by atoms with E-state index in [-0.39, 0.29) is 11.9 Å². The zero-order chi connectivity index (χ0) is 9.56. The quantitative estimate of drug-likeness (QED) is 0.596. The molecule has 2 atom stereocenters. The minimum absolute atomic E-state index is 0.0194. The van der Waals surface area contributed by atoms with Crippen LogP contribution in [0.25, 0.3) is 0 Å². The van der Waals surface area contributed by atoms with Crippen LogP contribution in [0.5, 0.6) is 0 Å². The summed E-state index contributed by atoms with van der Waals surface area (Å²) in [5.74, 6) is 0.0194. The predicted molar refractivity (Wildman–Crippen MR) is 50.9 cm³/mol. The molecule has 0 aromatic heterocycles. The molecule has 3 nitrogen and oxygen atoms in total. The molecule has 3 heteroatoms. The molecule has 0 rings (SSSR count). The molecule has 0 aromatic rings. The number of likely N-dealkylation sites (N-methyl/N-ethyl adjacent to an activating group) is 1. The normalized spacial score (nSPS) is 14.9. The van der Waals surface area contributed by atoms with Crippen molar-refractivity contribution in [2.24, 2.45) is 0 Å². The first-order valence-electron chi connectivity index (χ1n) is 4.20. The Kier molecular flexibility index (Phi) is 5.37. The molecule has 0 radical (unpaired) electrons. The van der Waals surface area contributed by atoms with Crippen molar-refractivity contribution >= 4 is 5.91 Å². The second kappa shape index (κ2) is 5.77. The van der Waals surface area contributed by atoms with Crippen molar-refractivity contribution < 1.29 is 4.79 Å². The lowest BCUT2D eigenvalue weighted by Gasteiger charge is -2.17. The monoisotopic (exact) mass is 170 g/mol. The number of nitrogens with one attached hydrogen (secondary N) is 2. The topological polar surface area (TPSA) is 41.1 Å². The smallest absolute Gasteiger partial charge is 0.236 e. The number of carbonyl (C=O) groups is 1. The highest BCUT2D eigenvalue weighted by Crippen LogP contribution is 1.93. The van der Waals surface area contributed by atoms with Crippen LogP contribution in [0.4, 0.5) is 0 Å². The van der Waals surface area contributed by atoms with Crippen molar-refractivity contribution in [1.29, 1.82) is 0 Å². The van der Waals surface area contributed by atoms with E-state index >= 15 is 0 Å². The molecule has 0 saturated heterocycles. The highest BCUT2D eigenvalue weighted by atomic mass is 16.2. The minimum atomic E-state index is -0.134. The lowest BCUT2D eigenvalue weighted by molar-refractivity contribution is -0.122. The van der Waals surface area contributed by atoms with Gasteiger partial charge in [0.2, 0.25) is 5.91 Å². The van der Waals surface area contributed by atoms with Crippen LogP contribution in [0.15, 0.2) is 12.7 Å². The first-order valence-corrected chi connectivity index (χ1v) is 4.20. The van der Waals surface area contributed by atoms with E-state index in [1.165, 1.54) is 0 Å². The van der Waals surface area contributed by atoms with Crippen molar-refractivity contribution in [1.82, 2.24) is 10.6 Å². The van der Waals surface area contributed by atoms with Crippen molar-refractivity contribution in [3.05, 3.63) is 12.7 Å². The maximum atomic E-state index is 11.1. The fourth-order valence-corrected chi connectivity index (χ4v) is 1.04. The average Bonchev–Trinajstić information content (AvgIpc) is 2.03. The van der Waals surface area contributed by atoms with Crippen LogP contribution in [-0.2, 0) is 4.79 Å². The molecule has 2 unspecified atom stereocenters. The van der Waals surface area contributed by atoms with Gasteiger partial charge in [0.15, 0.2) is 0 Å². The maximum Gasteiger partial charge on any atom is 0.236 e. The van der Waals surface area contributed by atoms with Crippen LogP contribution in [0.1, 0.15) is 20.3 Å². The molecular weight excluding hydrogens is 152 g/mol. The van der Waals surface area contributed by atoms with E-state index in [9.17, 15) is 4.79 Å². The zero-order valence-corrected chi connectivity index (χ0v) is 8.05. The molecular formula is C9H18N2O. The second-order valence-corrected chi connectivity index (χ2v) is 2.93. The van der Waals surface area contributed by atoms with Gasteiger partial charge in [-0.05, 0) is 20.3 Å². The average molecular weight is 170 g/mol. The van der Waals surface area contributed by atoms with E-state index in [1.807, 2.05) is 19.9 Å². The Bertz CT molecular complexity index is 157. The Labute approximate surface area is 74.2 Å². The van der Waals surface area contributed by atoms with Gasteiger partial charge in [0.1, 0.15) is 0 Å². The van der Waals surface area contributed by atoms with E-state index in [1.54, 1.807) is 7.05 Å². The summed E-state index contributed by atoms with van der Waals surface area (Å²) in [4.78, 5) is 11.1. The standard InChI is InChI=1S/C9H18N2O/c1-5-6-7(2)11-8(3)9(12)10-4/h5,7-8,11H,1,6H2,2-4H3,(H,10,12). The molecule has 0 saturated carbocycles. The van der Waals surface area contributed by atoms with Crippen molar-refractivity contribution in [2.45, 2.75) is 32.4 Å². The van der Waals surface area contributed by atoms with Crippen LogP contribution < -0.4 is 10.6 Å². The van der Waals surface area contributed by atoms with Crippen molar-refractivity contribution in [3.8, 4) is 0 Å². The van der Waals surface area contributed by atoms with E-state index in [0.29, 0.717) is 6.04 Å². The van der Waals surface area contributed by atoms with Gasteiger partial charge < -0.3 is 10.6 Å². The third-order valence-electron chi connectivity index (χ3n) is 1.69. The largest absolute Gasteiger partial charge is 0.358 e. The molecule has 0 heterocycles. The number of amides is 1. The van der Waals surface area contributed by atoms with E-state index in [4.69, 9.17) is 0 Å². The molecule has 0 aromatic carbocycles. The van der Waals surface area contributed by atoms with Gasteiger partial charge in [0.05, 0.1) is 6.04 Å². The minimum Gasteiger partial charge on any atom is -0.358 e. The Balaban J connectivity index is 3.74. The van der Waals surface area contributed by atoms with Gasteiger partial charge >= 0.3 is 0 Å². The summed E-state index contributed by atoms with van der Waals surface area (Å²) in [5.41, 5.74) is 0. The molecule has 0 aliphatic heterocycles. The summed E-state index contributed by atoms with van der Waals surface area (Å²) < 4.78 is 0. The van der Waals surface area contributed by atoms with Gasteiger partial charge in [0, 0.05) is 13.1 Å². The predicted octanol–water partition coefficient (Wildman–Crippen LogP) is 0.675. The third kappa shape index (κ3) is 4.13. The summed E-state index contributed by atoms with van der Waals surface area (Å²) in [6.45, 7) is 7.51. The molecule has 0 bridgehead atoms. The number of hydrogen-bond acceptors (Lipinski definition) is 2. The highest BCUT2D eigenvalue weighted by Gasteiger charge is 2.11. The fraction of sp³-hybridized carbons (Fsp3) is 0.667. The summed E-state index contributed by atoms with van der Waals surface area (Å²) in [6.07, 6.45) is 2.72. The molecule has 0 aliphatic carbocycles. The van der Waals surface area contributed by atoms with E-state index in [2.05, 4.69) is 17.2 Å². The van der Waals surface area contributed by atoms with Gasteiger partial charge in [-0.2, -0.15) is 0 Å². The first-order chi connectivity index (χ1) is 5.61. The highest BCUT2D eigenvalue weighted by molar-refractivity contribution is 5.80. The second-order valence-electron chi connectivity index (χ2n) is 2.93. The molecule has 0 aliphatic rings. The summed E-state index contributed by atoms with van der Waals surface area (Å²) in [6, 6.07) is 0.166. The maximum absolute atomic E-state index is 11.1. The van der Waals surface area contributed by atoms with Crippen LogP contribution in [-0.4, -0.2) is 25.0 Å².